The molecule has 0 aromatic heterocycles. The molecule has 1 aliphatic carbocycles. The van der Waals surface area contributed by atoms with Crippen LogP contribution in [0.4, 0.5) is 16.2 Å². The SMILES string of the molecule is CN1CCc2c(NC(=O)N3CC(=O)N[C@@H]4CCCC[C@@H]43)cccc21. The third kappa shape index (κ3) is 2.60. The highest BCUT2D eigenvalue weighted by molar-refractivity contribution is 5.95. The minimum atomic E-state index is -0.148. The van der Waals surface area contributed by atoms with Gasteiger partial charge in [-0.3, -0.25) is 4.79 Å². The van der Waals surface area contributed by atoms with Crippen LogP contribution in [0.3, 0.4) is 0 Å². The van der Waals surface area contributed by atoms with E-state index in [1.165, 1.54) is 11.3 Å². The van der Waals surface area contributed by atoms with E-state index >= 15 is 0 Å². The van der Waals surface area contributed by atoms with Crippen molar-refractivity contribution in [2.75, 3.05) is 30.4 Å². The third-order valence-electron chi connectivity index (χ3n) is 5.55. The number of carbonyl (C=O) groups excluding carboxylic acids is 2. The van der Waals surface area contributed by atoms with Crippen LogP contribution in [0.5, 0.6) is 0 Å². The Kier molecular flexibility index (Phi) is 3.82. The number of hydrogen-bond acceptors (Lipinski definition) is 3. The molecule has 0 radical (unpaired) electrons. The van der Waals surface area contributed by atoms with Gasteiger partial charge in [-0.1, -0.05) is 18.9 Å². The van der Waals surface area contributed by atoms with Crippen molar-refractivity contribution >= 4 is 23.3 Å². The predicted octanol–water partition coefficient (Wildman–Crippen LogP) is 1.95. The van der Waals surface area contributed by atoms with Gasteiger partial charge in [0.1, 0.15) is 6.54 Å². The van der Waals surface area contributed by atoms with E-state index in [1.807, 2.05) is 12.1 Å². The molecule has 2 heterocycles. The van der Waals surface area contributed by atoms with E-state index in [-0.39, 0.29) is 30.6 Å². The van der Waals surface area contributed by atoms with E-state index in [2.05, 4.69) is 28.6 Å². The molecule has 1 aromatic carbocycles. The van der Waals surface area contributed by atoms with Crippen molar-refractivity contribution in [1.29, 1.82) is 0 Å². The van der Waals surface area contributed by atoms with Crippen LogP contribution in [0.15, 0.2) is 18.2 Å². The number of piperazine rings is 1. The van der Waals surface area contributed by atoms with Gasteiger partial charge in [0.05, 0.1) is 6.04 Å². The van der Waals surface area contributed by atoms with Crippen LogP contribution in [0, 0.1) is 0 Å². The Hall–Kier alpha value is -2.24. The third-order valence-corrected chi connectivity index (χ3v) is 5.55. The van der Waals surface area contributed by atoms with Gasteiger partial charge in [0.25, 0.3) is 0 Å². The Balaban J connectivity index is 1.55. The van der Waals surface area contributed by atoms with Gasteiger partial charge in [0, 0.05) is 36.6 Å². The molecular formula is C18H24N4O2. The number of benzene rings is 1. The average Bonchev–Trinajstić information content (AvgIpc) is 2.96. The number of hydrogen-bond donors (Lipinski definition) is 2. The van der Waals surface area contributed by atoms with Gasteiger partial charge in [-0.2, -0.15) is 0 Å². The monoisotopic (exact) mass is 328 g/mol. The summed E-state index contributed by atoms with van der Waals surface area (Å²) in [6, 6.07) is 6.10. The number of nitrogens with zero attached hydrogens (tertiary/aromatic N) is 2. The van der Waals surface area contributed by atoms with Crippen LogP contribution in [0.25, 0.3) is 0 Å². The van der Waals surface area contributed by atoms with Gasteiger partial charge in [-0.25, -0.2) is 4.79 Å². The summed E-state index contributed by atoms with van der Waals surface area (Å²) in [6.45, 7) is 1.13. The first kappa shape index (κ1) is 15.3. The summed E-state index contributed by atoms with van der Waals surface area (Å²) in [5.41, 5.74) is 3.25. The van der Waals surface area contributed by atoms with Crippen LogP contribution in [-0.2, 0) is 11.2 Å². The maximum atomic E-state index is 12.9. The summed E-state index contributed by atoms with van der Waals surface area (Å²) in [5.74, 6) is -0.0497. The molecule has 2 fully saturated rings. The Labute approximate surface area is 142 Å². The number of urea groups is 1. The van der Waals surface area contributed by atoms with E-state index in [1.54, 1.807) is 4.90 Å². The minimum Gasteiger partial charge on any atom is -0.374 e. The van der Waals surface area contributed by atoms with E-state index in [0.717, 1.165) is 44.3 Å². The lowest BCUT2D eigenvalue weighted by Gasteiger charge is -2.43. The zero-order valence-electron chi connectivity index (χ0n) is 14.0. The van der Waals surface area contributed by atoms with Crippen LogP contribution in [-0.4, -0.2) is 49.1 Å². The summed E-state index contributed by atoms with van der Waals surface area (Å²) in [6.07, 6.45) is 5.11. The van der Waals surface area contributed by atoms with Crippen molar-refractivity contribution < 1.29 is 9.59 Å². The van der Waals surface area contributed by atoms with Crippen LogP contribution >= 0.6 is 0 Å². The fourth-order valence-corrected chi connectivity index (χ4v) is 4.30. The maximum absolute atomic E-state index is 12.9. The first-order valence-corrected chi connectivity index (χ1v) is 8.83. The van der Waals surface area contributed by atoms with Crippen molar-refractivity contribution in [3.8, 4) is 0 Å². The first-order valence-electron chi connectivity index (χ1n) is 8.83. The Morgan fingerprint density at radius 2 is 2.12 bits per heavy atom. The Morgan fingerprint density at radius 3 is 3.00 bits per heavy atom. The molecule has 24 heavy (non-hydrogen) atoms. The molecule has 1 aromatic rings. The van der Waals surface area contributed by atoms with E-state index < -0.39 is 0 Å². The van der Waals surface area contributed by atoms with Crippen molar-refractivity contribution in [1.82, 2.24) is 10.2 Å². The standard InChI is InChI=1S/C18H24N4O2/c1-21-10-9-12-13(6-4-8-15(12)21)20-18(24)22-11-17(23)19-14-5-2-3-7-16(14)22/h4,6,8,14,16H,2-3,5,7,9-11H2,1H3,(H,19,23)(H,20,24)/t14-,16+/m1/s1. The zero-order chi connectivity index (χ0) is 16.7. The molecule has 2 N–H and O–H groups in total. The maximum Gasteiger partial charge on any atom is 0.322 e. The molecule has 2 atom stereocenters. The van der Waals surface area contributed by atoms with Crippen molar-refractivity contribution in [3.05, 3.63) is 23.8 Å². The Morgan fingerprint density at radius 1 is 1.29 bits per heavy atom. The topological polar surface area (TPSA) is 64.7 Å². The molecule has 6 heteroatoms. The van der Waals surface area contributed by atoms with E-state index in [0.29, 0.717) is 0 Å². The second-order valence-corrected chi connectivity index (χ2v) is 7.06. The van der Waals surface area contributed by atoms with Gasteiger partial charge in [0.15, 0.2) is 0 Å². The summed E-state index contributed by atoms with van der Waals surface area (Å²) in [7, 11) is 2.07. The molecule has 3 amide bonds. The number of anilines is 2. The quantitative estimate of drug-likeness (QED) is 0.828. The van der Waals surface area contributed by atoms with Crippen LogP contribution in [0.2, 0.25) is 0 Å². The molecule has 0 spiro atoms. The number of rotatable bonds is 1. The molecule has 3 aliphatic rings. The molecule has 6 nitrogen and oxygen atoms in total. The van der Waals surface area contributed by atoms with Gasteiger partial charge >= 0.3 is 6.03 Å². The second kappa shape index (κ2) is 6.00. The van der Waals surface area contributed by atoms with Gasteiger partial charge in [-0.05, 0) is 31.4 Å². The summed E-state index contributed by atoms with van der Waals surface area (Å²) in [5, 5.41) is 6.11. The number of amides is 3. The number of likely N-dealkylation sites (N-methyl/N-ethyl adjacent to an activating group) is 1. The molecule has 1 saturated carbocycles. The number of nitrogens with one attached hydrogen (secondary N) is 2. The largest absolute Gasteiger partial charge is 0.374 e. The second-order valence-electron chi connectivity index (χ2n) is 7.06. The molecule has 128 valence electrons. The van der Waals surface area contributed by atoms with E-state index in [9.17, 15) is 9.59 Å². The van der Waals surface area contributed by atoms with Crippen LogP contribution in [0.1, 0.15) is 31.2 Å². The molecule has 0 unspecified atom stereocenters. The normalized spacial score (nSPS) is 25.8. The molecular weight excluding hydrogens is 304 g/mol. The van der Waals surface area contributed by atoms with Gasteiger partial charge in [-0.15, -0.1) is 0 Å². The lowest BCUT2D eigenvalue weighted by molar-refractivity contribution is -0.126. The lowest BCUT2D eigenvalue weighted by atomic mass is 9.87. The van der Waals surface area contributed by atoms with Crippen molar-refractivity contribution in [2.45, 2.75) is 44.2 Å². The number of fused-ring (bicyclic) bond motifs is 2. The highest BCUT2D eigenvalue weighted by Gasteiger charge is 2.39. The fourth-order valence-electron chi connectivity index (χ4n) is 4.30. The van der Waals surface area contributed by atoms with E-state index in [4.69, 9.17) is 0 Å². The summed E-state index contributed by atoms with van der Waals surface area (Å²) >= 11 is 0. The summed E-state index contributed by atoms with van der Waals surface area (Å²) in [4.78, 5) is 28.8. The zero-order valence-corrected chi connectivity index (χ0v) is 14.0. The summed E-state index contributed by atoms with van der Waals surface area (Å²) < 4.78 is 0. The average molecular weight is 328 g/mol. The minimum absolute atomic E-state index is 0.0497. The lowest BCUT2D eigenvalue weighted by Crippen LogP contribution is -2.63. The Bertz CT molecular complexity index is 675. The molecule has 2 aliphatic heterocycles. The highest BCUT2D eigenvalue weighted by Crippen LogP contribution is 2.33. The van der Waals surface area contributed by atoms with Crippen molar-refractivity contribution in [3.63, 3.8) is 0 Å². The van der Waals surface area contributed by atoms with Gasteiger partial charge in [0.2, 0.25) is 5.91 Å². The number of carbonyl (C=O) groups is 2. The smallest absolute Gasteiger partial charge is 0.322 e. The van der Waals surface area contributed by atoms with Gasteiger partial charge < -0.3 is 20.4 Å². The molecule has 0 bridgehead atoms. The first-order chi connectivity index (χ1) is 11.6. The van der Waals surface area contributed by atoms with Crippen molar-refractivity contribution in [2.24, 2.45) is 0 Å². The fraction of sp³-hybridized carbons (Fsp3) is 0.556. The molecule has 1 saturated heterocycles. The highest BCUT2D eigenvalue weighted by atomic mass is 16.2. The van der Waals surface area contributed by atoms with Crippen LogP contribution < -0.4 is 15.5 Å². The predicted molar refractivity (Wildman–Crippen MR) is 93.3 cm³/mol. The molecule has 4 rings (SSSR count).